The first-order chi connectivity index (χ1) is 8.18. The maximum Gasteiger partial charge on any atom is 0.259 e. The van der Waals surface area contributed by atoms with Crippen molar-refractivity contribution < 1.29 is 9.32 Å². The number of hydrogen-bond acceptors (Lipinski definition) is 3. The van der Waals surface area contributed by atoms with Crippen LogP contribution in [0.1, 0.15) is 21.6 Å². The Balaban J connectivity index is 2.09. The third-order valence-corrected chi connectivity index (χ3v) is 2.59. The number of aryl methyl sites for hydroxylation is 1. The molecule has 1 heterocycles. The maximum atomic E-state index is 12.1. The van der Waals surface area contributed by atoms with Crippen molar-refractivity contribution in [3.8, 4) is 0 Å². The average molecular weight is 230 g/mol. The van der Waals surface area contributed by atoms with Crippen LogP contribution in [0.2, 0.25) is 0 Å². The predicted molar refractivity (Wildman–Crippen MR) is 63.5 cm³/mol. The summed E-state index contributed by atoms with van der Waals surface area (Å²) in [4.78, 5) is 13.7. The van der Waals surface area contributed by atoms with Crippen LogP contribution >= 0.6 is 0 Å². The largest absolute Gasteiger partial charge is 0.364 e. The average Bonchev–Trinajstić information content (AvgIpc) is 2.76. The van der Waals surface area contributed by atoms with Crippen molar-refractivity contribution in [3.63, 3.8) is 0 Å². The fraction of sp³-hybridized carbons (Fsp3) is 0.231. The number of nitrogens with zero attached hydrogens (tertiary/aromatic N) is 2. The van der Waals surface area contributed by atoms with E-state index >= 15 is 0 Å². The fourth-order valence-electron chi connectivity index (χ4n) is 1.63. The minimum Gasteiger partial charge on any atom is -0.364 e. The Kier molecular flexibility index (Phi) is 3.23. The maximum absolute atomic E-state index is 12.1. The van der Waals surface area contributed by atoms with Crippen LogP contribution in [0.3, 0.4) is 0 Å². The highest BCUT2D eigenvalue weighted by atomic mass is 16.5. The van der Waals surface area contributed by atoms with Gasteiger partial charge in [0, 0.05) is 13.6 Å². The van der Waals surface area contributed by atoms with Crippen molar-refractivity contribution >= 4 is 5.91 Å². The molecule has 2 rings (SSSR count). The van der Waals surface area contributed by atoms with Crippen molar-refractivity contribution in [2.45, 2.75) is 13.5 Å². The lowest BCUT2D eigenvalue weighted by atomic mass is 10.2. The van der Waals surface area contributed by atoms with E-state index in [1.807, 2.05) is 30.3 Å². The van der Waals surface area contributed by atoms with Gasteiger partial charge in [-0.25, -0.2) is 0 Å². The Hall–Kier alpha value is -2.10. The molecular formula is C13H14N2O2. The Labute approximate surface area is 99.8 Å². The van der Waals surface area contributed by atoms with Gasteiger partial charge in [0.1, 0.15) is 11.8 Å². The van der Waals surface area contributed by atoms with Gasteiger partial charge in [-0.05, 0) is 12.5 Å². The second kappa shape index (κ2) is 4.82. The second-order valence-electron chi connectivity index (χ2n) is 3.96. The molecule has 0 spiro atoms. The van der Waals surface area contributed by atoms with Gasteiger partial charge in [0.15, 0.2) is 0 Å². The van der Waals surface area contributed by atoms with Gasteiger partial charge in [0.25, 0.3) is 5.91 Å². The highest BCUT2D eigenvalue weighted by Gasteiger charge is 2.16. The lowest BCUT2D eigenvalue weighted by Crippen LogP contribution is -2.26. The molecule has 0 saturated carbocycles. The molecular weight excluding hydrogens is 216 g/mol. The van der Waals surface area contributed by atoms with Crippen LogP contribution in [0.5, 0.6) is 0 Å². The summed E-state index contributed by atoms with van der Waals surface area (Å²) in [6.45, 7) is 2.33. The standard InChI is InChI=1S/C13H14N2O2/c1-10-12(9-17-14-10)13(16)15(2)8-11-6-4-3-5-7-11/h3-7,9H,8H2,1-2H3. The first-order valence-electron chi connectivity index (χ1n) is 5.39. The summed E-state index contributed by atoms with van der Waals surface area (Å²) in [5, 5.41) is 3.70. The molecule has 0 fully saturated rings. The number of aromatic nitrogens is 1. The summed E-state index contributed by atoms with van der Waals surface area (Å²) in [5.41, 5.74) is 2.23. The Morgan fingerprint density at radius 3 is 2.65 bits per heavy atom. The van der Waals surface area contributed by atoms with Gasteiger partial charge in [0.05, 0.1) is 5.69 Å². The fourth-order valence-corrected chi connectivity index (χ4v) is 1.63. The number of amides is 1. The summed E-state index contributed by atoms with van der Waals surface area (Å²) >= 11 is 0. The van der Waals surface area contributed by atoms with Gasteiger partial charge < -0.3 is 9.42 Å². The van der Waals surface area contributed by atoms with Crippen molar-refractivity contribution in [3.05, 3.63) is 53.4 Å². The van der Waals surface area contributed by atoms with Crippen LogP contribution in [0.25, 0.3) is 0 Å². The zero-order chi connectivity index (χ0) is 12.3. The van der Waals surface area contributed by atoms with E-state index in [-0.39, 0.29) is 5.91 Å². The normalized spacial score (nSPS) is 10.2. The molecule has 0 saturated heterocycles. The lowest BCUT2D eigenvalue weighted by Gasteiger charge is -2.16. The van der Waals surface area contributed by atoms with Crippen molar-refractivity contribution in [2.24, 2.45) is 0 Å². The second-order valence-corrected chi connectivity index (χ2v) is 3.96. The number of benzene rings is 1. The molecule has 88 valence electrons. The predicted octanol–water partition coefficient (Wildman–Crippen LogP) is 2.26. The molecule has 1 aromatic heterocycles. The molecule has 0 unspecified atom stereocenters. The third-order valence-electron chi connectivity index (χ3n) is 2.59. The van der Waals surface area contributed by atoms with Gasteiger partial charge in [-0.3, -0.25) is 4.79 Å². The smallest absolute Gasteiger partial charge is 0.259 e. The van der Waals surface area contributed by atoms with Gasteiger partial charge in [-0.15, -0.1) is 0 Å². The number of carbonyl (C=O) groups excluding carboxylic acids is 1. The minimum atomic E-state index is -0.0763. The van der Waals surface area contributed by atoms with Crippen LogP contribution < -0.4 is 0 Å². The summed E-state index contributed by atoms with van der Waals surface area (Å²) in [5.74, 6) is -0.0763. The molecule has 0 aliphatic rings. The first-order valence-corrected chi connectivity index (χ1v) is 5.39. The number of rotatable bonds is 3. The monoisotopic (exact) mass is 230 g/mol. The highest BCUT2D eigenvalue weighted by Crippen LogP contribution is 2.10. The molecule has 2 aromatic rings. The van der Waals surface area contributed by atoms with E-state index in [1.54, 1.807) is 18.9 Å². The van der Waals surface area contributed by atoms with E-state index in [0.29, 0.717) is 17.8 Å². The van der Waals surface area contributed by atoms with Gasteiger partial charge in [-0.1, -0.05) is 35.5 Å². The van der Waals surface area contributed by atoms with E-state index in [1.165, 1.54) is 6.26 Å². The van der Waals surface area contributed by atoms with Crippen LogP contribution in [-0.4, -0.2) is 23.0 Å². The van der Waals surface area contributed by atoms with Crippen molar-refractivity contribution in [2.75, 3.05) is 7.05 Å². The highest BCUT2D eigenvalue weighted by molar-refractivity contribution is 5.94. The zero-order valence-corrected chi connectivity index (χ0v) is 9.88. The Morgan fingerprint density at radius 2 is 2.06 bits per heavy atom. The van der Waals surface area contributed by atoms with E-state index in [0.717, 1.165) is 5.56 Å². The van der Waals surface area contributed by atoms with E-state index in [9.17, 15) is 4.79 Å². The quantitative estimate of drug-likeness (QED) is 0.812. The number of carbonyl (C=O) groups is 1. The molecule has 4 heteroatoms. The van der Waals surface area contributed by atoms with Gasteiger partial charge in [-0.2, -0.15) is 0 Å². The molecule has 0 aliphatic carbocycles. The minimum absolute atomic E-state index is 0.0763. The summed E-state index contributed by atoms with van der Waals surface area (Å²) in [6, 6.07) is 9.85. The molecule has 0 bridgehead atoms. The van der Waals surface area contributed by atoms with E-state index < -0.39 is 0 Å². The summed E-state index contributed by atoms with van der Waals surface area (Å²) in [6.07, 6.45) is 1.39. The van der Waals surface area contributed by atoms with Crippen molar-refractivity contribution in [1.29, 1.82) is 0 Å². The molecule has 0 radical (unpaired) electrons. The number of hydrogen-bond donors (Lipinski definition) is 0. The Bertz CT molecular complexity index is 505. The molecule has 17 heavy (non-hydrogen) atoms. The molecule has 0 aliphatic heterocycles. The van der Waals surface area contributed by atoms with Gasteiger partial charge >= 0.3 is 0 Å². The van der Waals surface area contributed by atoms with E-state index in [2.05, 4.69) is 5.16 Å². The topological polar surface area (TPSA) is 46.3 Å². The molecule has 1 amide bonds. The van der Waals surface area contributed by atoms with Crippen LogP contribution in [0.15, 0.2) is 41.1 Å². The molecule has 0 atom stereocenters. The zero-order valence-electron chi connectivity index (χ0n) is 9.88. The summed E-state index contributed by atoms with van der Waals surface area (Å²) in [7, 11) is 1.77. The molecule has 1 aromatic carbocycles. The van der Waals surface area contributed by atoms with Gasteiger partial charge in [0.2, 0.25) is 0 Å². The molecule has 4 nitrogen and oxygen atoms in total. The SMILES string of the molecule is Cc1nocc1C(=O)N(C)Cc1ccccc1. The molecule has 0 N–H and O–H groups in total. The van der Waals surface area contributed by atoms with Crippen LogP contribution in [0.4, 0.5) is 0 Å². The van der Waals surface area contributed by atoms with E-state index in [4.69, 9.17) is 4.52 Å². The van der Waals surface area contributed by atoms with Crippen LogP contribution in [0, 0.1) is 6.92 Å². The van der Waals surface area contributed by atoms with Crippen LogP contribution in [-0.2, 0) is 6.54 Å². The first kappa shape index (κ1) is 11.4. The third kappa shape index (κ3) is 2.53. The van der Waals surface area contributed by atoms with Crippen molar-refractivity contribution in [1.82, 2.24) is 10.1 Å². The summed E-state index contributed by atoms with van der Waals surface area (Å²) < 4.78 is 4.77. The lowest BCUT2D eigenvalue weighted by molar-refractivity contribution is 0.0784. The Morgan fingerprint density at radius 1 is 1.35 bits per heavy atom.